The number of para-hydroxylation sites is 1. The van der Waals surface area contributed by atoms with Gasteiger partial charge in [-0.2, -0.15) is 10.4 Å². The zero-order valence-electron chi connectivity index (χ0n) is 16.4. The molecule has 0 N–H and O–H groups in total. The van der Waals surface area contributed by atoms with E-state index in [1.54, 1.807) is 0 Å². The van der Waals surface area contributed by atoms with Crippen LogP contribution in [0.2, 0.25) is 0 Å². The largest absolute Gasteiger partial charge is 0.312 e. The summed E-state index contributed by atoms with van der Waals surface area (Å²) in [6, 6.07) is 10.5. The molecule has 3 rings (SSSR count). The average molecular weight is 364 g/mol. The number of benzene rings is 1. The number of nitriles is 1. The van der Waals surface area contributed by atoms with Crippen LogP contribution in [0.25, 0.3) is 0 Å². The van der Waals surface area contributed by atoms with Crippen LogP contribution in [0.3, 0.4) is 0 Å². The molecule has 0 saturated carbocycles. The van der Waals surface area contributed by atoms with Crippen molar-refractivity contribution in [1.29, 1.82) is 5.26 Å². The van der Waals surface area contributed by atoms with Crippen LogP contribution < -0.4 is 4.90 Å². The summed E-state index contributed by atoms with van der Waals surface area (Å²) in [4.78, 5) is 15.0. The third-order valence-electron chi connectivity index (χ3n) is 5.47. The first-order valence-electron chi connectivity index (χ1n) is 9.90. The first-order valence-corrected chi connectivity index (χ1v) is 9.90. The SMILES string of the molecule is Cc1nn(CCC#N)c(C)c1CCC(=O)N1CCCCCc2ccccc21. The topological polar surface area (TPSA) is 61.9 Å². The summed E-state index contributed by atoms with van der Waals surface area (Å²) in [7, 11) is 0. The summed E-state index contributed by atoms with van der Waals surface area (Å²) >= 11 is 0. The molecule has 2 aromatic rings. The van der Waals surface area contributed by atoms with Gasteiger partial charge in [-0.25, -0.2) is 0 Å². The van der Waals surface area contributed by atoms with E-state index in [0.29, 0.717) is 25.8 Å². The second kappa shape index (κ2) is 8.85. The summed E-state index contributed by atoms with van der Waals surface area (Å²) in [5.41, 5.74) is 5.54. The quantitative estimate of drug-likeness (QED) is 0.802. The van der Waals surface area contributed by atoms with Crippen molar-refractivity contribution < 1.29 is 4.79 Å². The van der Waals surface area contributed by atoms with E-state index in [4.69, 9.17) is 5.26 Å². The Kier molecular flexibility index (Phi) is 6.28. The van der Waals surface area contributed by atoms with Gasteiger partial charge in [-0.3, -0.25) is 9.48 Å². The Morgan fingerprint density at radius 2 is 2.04 bits per heavy atom. The zero-order chi connectivity index (χ0) is 19.2. The number of carbonyl (C=O) groups excluding carboxylic acids is 1. The molecule has 0 unspecified atom stereocenters. The van der Waals surface area contributed by atoms with E-state index in [1.807, 2.05) is 29.5 Å². The summed E-state index contributed by atoms with van der Waals surface area (Å²) < 4.78 is 1.89. The van der Waals surface area contributed by atoms with Crippen LogP contribution >= 0.6 is 0 Å². The molecule has 5 nitrogen and oxygen atoms in total. The maximum atomic E-state index is 13.1. The molecule has 5 heteroatoms. The van der Waals surface area contributed by atoms with Crippen molar-refractivity contribution in [2.24, 2.45) is 0 Å². The third kappa shape index (κ3) is 4.39. The summed E-state index contributed by atoms with van der Waals surface area (Å²) in [5, 5.41) is 13.3. The number of aromatic nitrogens is 2. The maximum Gasteiger partial charge on any atom is 0.227 e. The molecule has 1 aromatic carbocycles. The number of rotatable bonds is 5. The number of aryl methyl sites for hydroxylation is 3. The Bertz CT molecular complexity index is 846. The van der Waals surface area contributed by atoms with Crippen molar-refractivity contribution in [2.45, 2.75) is 65.3 Å². The second-order valence-corrected chi connectivity index (χ2v) is 7.27. The summed E-state index contributed by atoms with van der Waals surface area (Å²) in [6.07, 6.45) is 6.10. The fourth-order valence-electron chi connectivity index (χ4n) is 3.96. The van der Waals surface area contributed by atoms with Crippen molar-refractivity contribution in [2.75, 3.05) is 11.4 Å². The van der Waals surface area contributed by atoms with E-state index in [-0.39, 0.29) is 5.91 Å². The van der Waals surface area contributed by atoms with Crippen LogP contribution in [-0.2, 0) is 24.2 Å². The van der Waals surface area contributed by atoms with Crippen molar-refractivity contribution in [3.63, 3.8) is 0 Å². The molecule has 0 radical (unpaired) electrons. The Balaban J connectivity index is 1.73. The lowest BCUT2D eigenvalue weighted by Crippen LogP contribution is -2.33. The monoisotopic (exact) mass is 364 g/mol. The number of carbonyl (C=O) groups is 1. The summed E-state index contributed by atoms with van der Waals surface area (Å²) in [5.74, 6) is 0.188. The van der Waals surface area contributed by atoms with Crippen molar-refractivity contribution in [3.8, 4) is 6.07 Å². The lowest BCUT2D eigenvalue weighted by atomic mass is 10.0. The van der Waals surface area contributed by atoms with Crippen LogP contribution in [0, 0.1) is 25.2 Å². The smallest absolute Gasteiger partial charge is 0.227 e. The Morgan fingerprint density at radius 3 is 2.85 bits per heavy atom. The minimum atomic E-state index is 0.188. The van der Waals surface area contributed by atoms with E-state index in [0.717, 1.165) is 42.0 Å². The molecule has 0 saturated heterocycles. The van der Waals surface area contributed by atoms with Gasteiger partial charge in [-0.05, 0) is 56.7 Å². The number of hydrogen-bond donors (Lipinski definition) is 0. The molecule has 1 aliphatic rings. The standard InChI is InChI=1S/C22H28N4O/c1-17-20(18(2)26(24-17)16-8-14-23)12-13-22(27)25-15-7-3-4-9-19-10-5-6-11-21(19)25/h5-6,10-11H,3-4,7-9,12-13,15-16H2,1-2H3. The number of nitrogens with zero attached hydrogens (tertiary/aromatic N) is 4. The predicted molar refractivity (Wildman–Crippen MR) is 107 cm³/mol. The van der Waals surface area contributed by atoms with Gasteiger partial charge < -0.3 is 4.90 Å². The fraction of sp³-hybridized carbons (Fsp3) is 0.500. The molecule has 1 aliphatic heterocycles. The van der Waals surface area contributed by atoms with E-state index in [1.165, 1.54) is 18.4 Å². The Morgan fingerprint density at radius 1 is 1.22 bits per heavy atom. The first kappa shape index (κ1) is 19.2. The van der Waals surface area contributed by atoms with Gasteiger partial charge in [0.2, 0.25) is 5.91 Å². The van der Waals surface area contributed by atoms with Crippen LogP contribution in [0.1, 0.15) is 54.6 Å². The minimum Gasteiger partial charge on any atom is -0.312 e. The lowest BCUT2D eigenvalue weighted by molar-refractivity contribution is -0.118. The highest BCUT2D eigenvalue weighted by Gasteiger charge is 2.21. The molecule has 0 bridgehead atoms. The normalized spacial score (nSPS) is 14.2. The Hall–Kier alpha value is -2.61. The van der Waals surface area contributed by atoms with E-state index in [2.05, 4.69) is 29.4 Å². The highest BCUT2D eigenvalue weighted by molar-refractivity contribution is 5.94. The van der Waals surface area contributed by atoms with Gasteiger partial charge in [0.15, 0.2) is 0 Å². The van der Waals surface area contributed by atoms with Crippen molar-refractivity contribution in [1.82, 2.24) is 9.78 Å². The molecule has 0 aliphatic carbocycles. The van der Waals surface area contributed by atoms with E-state index < -0.39 is 0 Å². The number of hydrogen-bond acceptors (Lipinski definition) is 3. The van der Waals surface area contributed by atoms with Crippen molar-refractivity contribution >= 4 is 11.6 Å². The Labute approximate surface area is 161 Å². The first-order chi connectivity index (χ1) is 13.1. The highest BCUT2D eigenvalue weighted by Crippen LogP contribution is 2.27. The van der Waals surface area contributed by atoms with Gasteiger partial charge >= 0.3 is 0 Å². The molecular formula is C22H28N4O. The van der Waals surface area contributed by atoms with Crippen molar-refractivity contribution in [3.05, 3.63) is 46.8 Å². The van der Waals surface area contributed by atoms with E-state index >= 15 is 0 Å². The fourth-order valence-corrected chi connectivity index (χ4v) is 3.96. The second-order valence-electron chi connectivity index (χ2n) is 7.27. The molecule has 2 heterocycles. The van der Waals surface area contributed by atoms with Gasteiger partial charge in [0, 0.05) is 24.3 Å². The molecule has 1 aromatic heterocycles. The van der Waals surface area contributed by atoms with Gasteiger partial charge in [0.05, 0.1) is 24.7 Å². The lowest BCUT2D eigenvalue weighted by Gasteiger charge is -2.27. The number of anilines is 1. The van der Waals surface area contributed by atoms with Crippen LogP contribution in [-0.4, -0.2) is 22.2 Å². The van der Waals surface area contributed by atoms with Gasteiger partial charge in [0.1, 0.15) is 0 Å². The predicted octanol–water partition coefficient (Wildman–Crippen LogP) is 4.11. The van der Waals surface area contributed by atoms with Crippen LogP contribution in [0.15, 0.2) is 24.3 Å². The molecule has 1 amide bonds. The molecule has 27 heavy (non-hydrogen) atoms. The van der Waals surface area contributed by atoms with E-state index in [9.17, 15) is 4.79 Å². The number of fused-ring (bicyclic) bond motifs is 1. The maximum absolute atomic E-state index is 13.1. The van der Waals surface area contributed by atoms with Gasteiger partial charge in [-0.1, -0.05) is 24.6 Å². The van der Waals surface area contributed by atoms with Gasteiger partial charge in [-0.15, -0.1) is 0 Å². The molecule has 142 valence electrons. The summed E-state index contributed by atoms with van der Waals surface area (Å²) in [6.45, 7) is 5.43. The molecular weight excluding hydrogens is 336 g/mol. The van der Waals surface area contributed by atoms with Crippen LogP contribution in [0.5, 0.6) is 0 Å². The van der Waals surface area contributed by atoms with Crippen LogP contribution in [0.4, 0.5) is 5.69 Å². The third-order valence-corrected chi connectivity index (χ3v) is 5.47. The minimum absolute atomic E-state index is 0.188. The molecule has 0 spiro atoms. The number of amides is 1. The molecule has 0 fully saturated rings. The van der Waals surface area contributed by atoms with Gasteiger partial charge in [0.25, 0.3) is 0 Å². The highest BCUT2D eigenvalue weighted by atomic mass is 16.2. The zero-order valence-corrected chi connectivity index (χ0v) is 16.4. The molecule has 0 atom stereocenters. The average Bonchev–Trinajstić information content (AvgIpc) is 2.92.